The van der Waals surface area contributed by atoms with Gasteiger partial charge in [-0.15, -0.1) is 0 Å². The summed E-state index contributed by atoms with van der Waals surface area (Å²) in [6, 6.07) is 8.04. The van der Waals surface area contributed by atoms with Gasteiger partial charge in [0.15, 0.2) is 5.96 Å². The van der Waals surface area contributed by atoms with E-state index in [-0.39, 0.29) is 6.10 Å². The Balaban J connectivity index is 1.45. The summed E-state index contributed by atoms with van der Waals surface area (Å²) in [5, 5.41) is 6.90. The number of nitrogens with zero attached hydrogens (tertiary/aromatic N) is 2. The highest BCUT2D eigenvalue weighted by Crippen LogP contribution is 2.18. The Morgan fingerprint density at radius 1 is 1.26 bits per heavy atom. The molecule has 2 N–H and O–H groups in total. The zero-order chi connectivity index (χ0) is 21.9. The summed E-state index contributed by atoms with van der Waals surface area (Å²) < 4.78 is 17.1. The van der Waals surface area contributed by atoms with Crippen LogP contribution in [0.2, 0.25) is 0 Å². The molecule has 174 valence electrons. The van der Waals surface area contributed by atoms with Crippen LogP contribution in [0.15, 0.2) is 29.3 Å². The minimum Gasteiger partial charge on any atom is -0.491 e. The first-order chi connectivity index (χ1) is 15.1. The van der Waals surface area contributed by atoms with E-state index >= 15 is 0 Å². The van der Waals surface area contributed by atoms with Crippen molar-refractivity contribution in [1.29, 1.82) is 0 Å². The van der Waals surface area contributed by atoms with Crippen LogP contribution in [0, 0.1) is 5.92 Å². The molecule has 7 heteroatoms. The number of likely N-dealkylation sites (tertiary alicyclic amines) is 1. The predicted molar refractivity (Wildman–Crippen MR) is 126 cm³/mol. The van der Waals surface area contributed by atoms with Gasteiger partial charge in [-0.2, -0.15) is 0 Å². The van der Waals surface area contributed by atoms with Gasteiger partial charge in [-0.1, -0.05) is 0 Å². The van der Waals surface area contributed by atoms with Gasteiger partial charge in [0.05, 0.1) is 18.8 Å². The molecule has 31 heavy (non-hydrogen) atoms. The highest BCUT2D eigenvalue weighted by molar-refractivity contribution is 5.93. The molecule has 0 aliphatic carbocycles. The van der Waals surface area contributed by atoms with Gasteiger partial charge in [0.2, 0.25) is 0 Å². The number of anilines is 1. The van der Waals surface area contributed by atoms with Gasteiger partial charge < -0.3 is 29.7 Å². The van der Waals surface area contributed by atoms with Crippen LogP contribution in [0.1, 0.15) is 39.5 Å². The second-order valence-electron chi connectivity index (χ2n) is 8.91. The lowest BCUT2D eigenvalue weighted by Gasteiger charge is -2.15. The average molecular weight is 433 g/mol. The molecular formula is C24H40N4O3. The molecular weight excluding hydrogens is 392 g/mol. The molecule has 2 aliphatic rings. The maximum Gasteiger partial charge on any atom is 0.195 e. The molecule has 0 bridgehead atoms. The standard InChI is InChI=1S/C24H40N4O3/c1-19(2)31-22-9-7-21(8-10-22)27-24(26-16-20-11-13-28(3)17-20)25-12-5-14-29-18-23-6-4-15-30-23/h7-10,19-20,23H,4-6,11-18H2,1-3H3,(H2,25,26,27). The Morgan fingerprint density at radius 3 is 2.77 bits per heavy atom. The fraction of sp³-hybridized carbons (Fsp3) is 0.708. The van der Waals surface area contributed by atoms with Gasteiger partial charge in [0.1, 0.15) is 5.75 Å². The van der Waals surface area contributed by atoms with E-state index in [2.05, 4.69) is 22.6 Å². The van der Waals surface area contributed by atoms with Crippen LogP contribution in [-0.4, -0.2) is 76.1 Å². The molecule has 1 aromatic rings. The van der Waals surface area contributed by atoms with Crippen LogP contribution in [0.3, 0.4) is 0 Å². The summed E-state index contributed by atoms with van der Waals surface area (Å²) in [7, 11) is 2.18. The monoisotopic (exact) mass is 432 g/mol. The van der Waals surface area contributed by atoms with Gasteiger partial charge in [-0.3, -0.25) is 4.99 Å². The smallest absolute Gasteiger partial charge is 0.195 e. The summed E-state index contributed by atoms with van der Waals surface area (Å²) in [5.74, 6) is 2.33. The number of rotatable bonds is 11. The molecule has 2 aliphatic heterocycles. The van der Waals surface area contributed by atoms with E-state index in [0.717, 1.165) is 76.1 Å². The lowest BCUT2D eigenvalue weighted by Crippen LogP contribution is -2.33. The first kappa shape index (κ1) is 23.8. The summed E-state index contributed by atoms with van der Waals surface area (Å²) in [6.07, 6.45) is 4.88. The number of guanidine groups is 1. The third kappa shape index (κ3) is 9.05. The molecule has 3 rings (SSSR count). The van der Waals surface area contributed by atoms with Crippen LogP contribution in [-0.2, 0) is 9.47 Å². The quantitative estimate of drug-likeness (QED) is 0.318. The Morgan fingerprint density at radius 2 is 2.10 bits per heavy atom. The maximum absolute atomic E-state index is 5.77. The molecule has 0 spiro atoms. The van der Waals surface area contributed by atoms with E-state index < -0.39 is 0 Å². The first-order valence-corrected chi connectivity index (χ1v) is 11.8. The molecule has 2 atom stereocenters. The van der Waals surface area contributed by atoms with Crippen LogP contribution in [0.5, 0.6) is 5.75 Å². The number of nitrogens with one attached hydrogen (secondary N) is 2. The molecule has 2 saturated heterocycles. The largest absolute Gasteiger partial charge is 0.491 e. The maximum atomic E-state index is 5.77. The number of aliphatic imine (C=N–C) groups is 1. The molecule has 2 unspecified atom stereocenters. The lowest BCUT2D eigenvalue weighted by molar-refractivity contribution is 0.0168. The molecule has 0 amide bonds. The Hall–Kier alpha value is -1.83. The van der Waals surface area contributed by atoms with E-state index in [4.69, 9.17) is 19.2 Å². The summed E-state index contributed by atoms with van der Waals surface area (Å²) >= 11 is 0. The zero-order valence-electron chi connectivity index (χ0n) is 19.4. The van der Waals surface area contributed by atoms with E-state index in [1.807, 2.05) is 38.1 Å². The van der Waals surface area contributed by atoms with Crippen LogP contribution in [0.25, 0.3) is 0 Å². The van der Waals surface area contributed by atoms with Crippen molar-refractivity contribution in [3.05, 3.63) is 24.3 Å². The van der Waals surface area contributed by atoms with Crippen molar-refractivity contribution in [2.45, 2.75) is 51.7 Å². The molecule has 0 saturated carbocycles. The van der Waals surface area contributed by atoms with E-state index in [0.29, 0.717) is 18.6 Å². The van der Waals surface area contributed by atoms with Crippen LogP contribution < -0.4 is 15.4 Å². The highest BCUT2D eigenvalue weighted by Gasteiger charge is 2.19. The van der Waals surface area contributed by atoms with Crippen molar-refractivity contribution in [1.82, 2.24) is 10.2 Å². The van der Waals surface area contributed by atoms with Crippen molar-refractivity contribution in [3.8, 4) is 5.75 Å². The Kier molecular flexibility index (Phi) is 9.90. The minimum absolute atomic E-state index is 0.171. The lowest BCUT2D eigenvalue weighted by atomic mass is 10.1. The van der Waals surface area contributed by atoms with Crippen molar-refractivity contribution in [3.63, 3.8) is 0 Å². The van der Waals surface area contributed by atoms with Gasteiger partial charge in [0, 0.05) is 38.5 Å². The first-order valence-electron chi connectivity index (χ1n) is 11.8. The number of hydrogen-bond donors (Lipinski definition) is 2. The predicted octanol–water partition coefficient (Wildman–Crippen LogP) is 3.37. The fourth-order valence-corrected chi connectivity index (χ4v) is 3.93. The average Bonchev–Trinajstić information content (AvgIpc) is 3.41. The minimum atomic E-state index is 0.171. The summed E-state index contributed by atoms with van der Waals surface area (Å²) in [5.41, 5.74) is 1.00. The van der Waals surface area contributed by atoms with Crippen molar-refractivity contribution < 1.29 is 14.2 Å². The van der Waals surface area contributed by atoms with Gasteiger partial charge >= 0.3 is 0 Å². The summed E-state index contributed by atoms with van der Waals surface area (Å²) in [4.78, 5) is 7.24. The van der Waals surface area contributed by atoms with Crippen LogP contribution >= 0.6 is 0 Å². The zero-order valence-corrected chi connectivity index (χ0v) is 19.4. The van der Waals surface area contributed by atoms with E-state index in [9.17, 15) is 0 Å². The van der Waals surface area contributed by atoms with E-state index in [1.165, 1.54) is 6.42 Å². The van der Waals surface area contributed by atoms with E-state index in [1.54, 1.807) is 0 Å². The molecule has 7 nitrogen and oxygen atoms in total. The third-order valence-corrected chi connectivity index (χ3v) is 5.57. The van der Waals surface area contributed by atoms with Gasteiger partial charge in [0.25, 0.3) is 0 Å². The Bertz CT molecular complexity index is 659. The number of hydrogen-bond acceptors (Lipinski definition) is 5. The Labute approximate surface area is 187 Å². The molecule has 2 heterocycles. The summed E-state index contributed by atoms with van der Waals surface area (Å²) in [6.45, 7) is 10.3. The number of ether oxygens (including phenoxy) is 3. The third-order valence-electron chi connectivity index (χ3n) is 5.57. The number of benzene rings is 1. The van der Waals surface area contributed by atoms with Gasteiger partial charge in [-0.25, -0.2) is 0 Å². The SMILES string of the molecule is CC(C)Oc1ccc(NC(=NCC2CCN(C)C2)NCCCOCC2CCCO2)cc1. The topological polar surface area (TPSA) is 67.4 Å². The molecule has 1 aromatic carbocycles. The second kappa shape index (κ2) is 12.9. The second-order valence-corrected chi connectivity index (χ2v) is 8.91. The van der Waals surface area contributed by atoms with Crippen molar-refractivity contribution in [2.24, 2.45) is 10.9 Å². The normalized spacial score (nSPS) is 22.3. The molecule has 0 radical (unpaired) electrons. The molecule has 0 aromatic heterocycles. The molecule has 2 fully saturated rings. The van der Waals surface area contributed by atoms with Crippen molar-refractivity contribution in [2.75, 3.05) is 58.4 Å². The van der Waals surface area contributed by atoms with Crippen LogP contribution in [0.4, 0.5) is 5.69 Å². The highest BCUT2D eigenvalue weighted by atomic mass is 16.5. The van der Waals surface area contributed by atoms with Gasteiger partial charge in [-0.05, 0) is 83.3 Å². The fourth-order valence-electron chi connectivity index (χ4n) is 3.93. The van der Waals surface area contributed by atoms with Crippen molar-refractivity contribution >= 4 is 11.6 Å².